The van der Waals surface area contributed by atoms with Crippen molar-refractivity contribution in [3.8, 4) is 0 Å². The Balaban J connectivity index is 1.79. The Kier molecular flexibility index (Phi) is 3.21. The molecule has 4 aliphatic carbocycles. The van der Waals surface area contributed by atoms with Gasteiger partial charge in [-0.3, -0.25) is 4.79 Å². The van der Waals surface area contributed by atoms with Crippen molar-refractivity contribution in [1.29, 1.82) is 0 Å². The third-order valence-electron chi connectivity index (χ3n) is 8.79. The Bertz CT molecular complexity index is 615. The number of aliphatic hydroxyl groups is 2. The quantitative estimate of drug-likeness (QED) is 0.644. The molecular weight excluding hydrogens is 304 g/mol. The zero-order chi connectivity index (χ0) is 17.5. The largest absolute Gasteiger partial charge is 0.481 e. The van der Waals surface area contributed by atoms with Crippen molar-refractivity contribution >= 4 is 5.97 Å². The van der Waals surface area contributed by atoms with Crippen LogP contribution in [0.1, 0.15) is 65.2 Å². The molecule has 1 spiro atoms. The van der Waals surface area contributed by atoms with Gasteiger partial charge in [0.1, 0.15) is 0 Å². The Labute approximate surface area is 144 Å². The molecule has 0 radical (unpaired) electrons. The molecule has 4 saturated carbocycles. The predicted molar refractivity (Wildman–Crippen MR) is 90.3 cm³/mol. The average Bonchev–Trinajstić information content (AvgIpc) is 2.64. The van der Waals surface area contributed by atoms with Crippen LogP contribution in [-0.4, -0.2) is 33.0 Å². The Morgan fingerprint density at radius 3 is 2.46 bits per heavy atom. The fraction of sp³-hybridized carbons (Fsp3) is 0.850. The molecule has 0 unspecified atom stereocenters. The molecule has 0 aromatic carbocycles. The molecule has 0 aromatic rings. The number of aliphatic carboxylic acids is 1. The molecule has 0 amide bonds. The Morgan fingerprint density at radius 2 is 1.79 bits per heavy atom. The predicted octanol–water partition coefficient (Wildman–Crippen LogP) is 3.13. The van der Waals surface area contributed by atoms with Gasteiger partial charge in [-0.1, -0.05) is 19.9 Å². The molecular formula is C20H30O4. The monoisotopic (exact) mass is 334 g/mol. The van der Waals surface area contributed by atoms with Gasteiger partial charge in [-0.15, -0.1) is 0 Å². The van der Waals surface area contributed by atoms with Gasteiger partial charge in [-0.25, -0.2) is 0 Å². The van der Waals surface area contributed by atoms with Crippen LogP contribution in [0.5, 0.6) is 0 Å². The summed E-state index contributed by atoms with van der Waals surface area (Å²) >= 11 is 0. The van der Waals surface area contributed by atoms with E-state index in [1.54, 1.807) is 0 Å². The maximum Gasteiger partial charge on any atom is 0.309 e. The van der Waals surface area contributed by atoms with Crippen LogP contribution in [-0.2, 0) is 4.79 Å². The van der Waals surface area contributed by atoms with Crippen LogP contribution in [0.25, 0.3) is 0 Å². The fourth-order valence-corrected chi connectivity index (χ4v) is 7.62. The second kappa shape index (κ2) is 4.64. The molecule has 0 saturated heterocycles. The van der Waals surface area contributed by atoms with Crippen molar-refractivity contribution in [2.24, 2.45) is 28.1 Å². The van der Waals surface area contributed by atoms with E-state index >= 15 is 0 Å². The van der Waals surface area contributed by atoms with E-state index in [-0.39, 0.29) is 22.7 Å². The number of aliphatic hydroxyl groups excluding tert-OH is 1. The van der Waals surface area contributed by atoms with Crippen molar-refractivity contribution in [3.63, 3.8) is 0 Å². The minimum absolute atomic E-state index is 0.0728. The van der Waals surface area contributed by atoms with Crippen LogP contribution in [0.4, 0.5) is 0 Å². The summed E-state index contributed by atoms with van der Waals surface area (Å²) in [7, 11) is 0. The molecule has 4 heteroatoms. The minimum Gasteiger partial charge on any atom is -0.481 e. The van der Waals surface area contributed by atoms with Crippen molar-refractivity contribution in [2.45, 2.75) is 76.9 Å². The lowest BCUT2D eigenvalue weighted by atomic mass is 9.40. The molecule has 7 atom stereocenters. The van der Waals surface area contributed by atoms with Crippen LogP contribution in [0.15, 0.2) is 12.2 Å². The lowest BCUT2D eigenvalue weighted by molar-refractivity contribution is -0.195. The van der Waals surface area contributed by atoms with Gasteiger partial charge in [0.05, 0.1) is 17.1 Å². The van der Waals surface area contributed by atoms with Crippen LogP contribution < -0.4 is 0 Å². The zero-order valence-electron chi connectivity index (χ0n) is 14.8. The third kappa shape index (κ3) is 1.69. The number of carboxylic acids is 1. The van der Waals surface area contributed by atoms with E-state index in [1.807, 2.05) is 6.92 Å². The maximum absolute atomic E-state index is 12.1. The van der Waals surface area contributed by atoms with Gasteiger partial charge in [0, 0.05) is 5.41 Å². The van der Waals surface area contributed by atoms with Crippen LogP contribution in [0.2, 0.25) is 0 Å². The van der Waals surface area contributed by atoms with Crippen LogP contribution in [0.3, 0.4) is 0 Å². The van der Waals surface area contributed by atoms with Gasteiger partial charge in [0.2, 0.25) is 0 Å². The van der Waals surface area contributed by atoms with Crippen molar-refractivity contribution in [3.05, 3.63) is 12.2 Å². The molecule has 4 aliphatic rings. The number of hydrogen-bond acceptors (Lipinski definition) is 3. The SMILES string of the molecule is C=C1[C@H](O)[C@@]23CC[C@H]4[C@@](C)(CCC[C@@]4(C)C(=O)O)[C@@H]2CC[C@]1(O)C3. The number of carbonyl (C=O) groups is 1. The third-order valence-corrected chi connectivity index (χ3v) is 8.79. The summed E-state index contributed by atoms with van der Waals surface area (Å²) in [5.41, 5.74) is -1.35. The summed E-state index contributed by atoms with van der Waals surface area (Å²) in [6.45, 7) is 8.22. The van der Waals surface area contributed by atoms with Crippen molar-refractivity contribution in [1.82, 2.24) is 0 Å². The number of fused-ring (bicyclic) bond motifs is 3. The molecule has 4 nitrogen and oxygen atoms in total. The smallest absolute Gasteiger partial charge is 0.309 e. The number of rotatable bonds is 1. The first-order valence-corrected chi connectivity index (χ1v) is 9.43. The Morgan fingerprint density at radius 1 is 1.12 bits per heavy atom. The summed E-state index contributed by atoms with van der Waals surface area (Å²) in [6, 6.07) is 0. The van der Waals surface area contributed by atoms with Gasteiger partial charge in [-0.2, -0.15) is 0 Å². The van der Waals surface area contributed by atoms with E-state index in [0.717, 1.165) is 38.5 Å². The zero-order valence-corrected chi connectivity index (χ0v) is 14.8. The molecule has 3 N–H and O–H groups in total. The fourth-order valence-electron chi connectivity index (χ4n) is 7.62. The number of carboxylic acid groups (broad SMARTS) is 1. The normalized spacial score (nSPS) is 56.5. The molecule has 2 bridgehead atoms. The summed E-state index contributed by atoms with van der Waals surface area (Å²) < 4.78 is 0. The van der Waals surface area contributed by atoms with E-state index in [4.69, 9.17) is 0 Å². The van der Waals surface area contributed by atoms with Gasteiger partial charge < -0.3 is 15.3 Å². The molecule has 4 rings (SSSR count). The minimum atomic E-state index is -0.913. The summed E-state index contributed by atoms with van der Waals surface area (Å²) in [6.07, 6.45) is 5.84. The highest BCUT2D eigenvalue weighted by Crippen LogP contribution is 2.72. The molecule has 0 heterocycles. The molecule has 24 heavy (non-hydrogen) atoms. The van der Waals surface area contributed by atoms with Gasteiger partial charge in [0.25, 0.3) is 0 Å². The van der Waals surface area contributed by atoms with E-state index in [9.17, 15) is 20.1 Å². The first kappa shape index (κ1) is 16.6. The summed E-state index contributed by atoms with van der Waals surface area (Å²) in [4.78, 5) is 12.1. The van der Waals surface area contributed by atoms with Gasteiger partial charge >= 0.3 is 5.97 Å². The highest BCUT2D eigenvalue weighted by molar-refractivity contribution is 5.75. The second-order valence-corrected chi connectivity index (χ2v) is 9.63. The van der Waals surface area contributed by atoms with E-state index < -0.39 is 23.1 Å². The topological polar surface area (TPSA) is 77.8 Å². The maximum atomic E-state index is 12.1. The van der Waals surface area contributed by atoms with Crippen LogP contribution >= 0.6 is 0 Å². The molecule has 0 aromatic heterocycles. The van der Waals surface area contributed by atoms with E-state index in [0.29, 0.717) is 18.4 Å². The van der Waals surface area contributed by atoms with Gasteiger partial charge in [0.15, 0.2) is 0 Å². The summed E-state index contributed by atoms with van der Waals surface area (Å²) in [5.74, 6) is -0.241. The van der Waals surface area contributed by atoms with E-state index in [1.165, 1.54) is 0 Å². The van der Waals surface area contributed by atoms with Crippen molar-refractivity contribution < 1.29 is 20.1 Å². The van der Waals surface area contributed by atoms with Gasteiger partial charge in [-0.05, 0) is 74.7 Å². The summed E-state index contributed by atoms with van der Waals surface area (Å²) in [5, 5.41) is 31.8. The van der Waals surface area contributed by atoms with Crippen LogP contribution in [0, 0.1) is 28.1 Å². The molecule has 4 fully saturated rings. The first-order chi connectivity index (χ1) is 11.1. The number of hydrogen-bond donors (Lipinski definition) is 3. The highest BCUT2D eigenvalue weighted by atomic mass is 16.4. The Hall–Kier alpha value is -0.870. The lowest BCUT2D eigenvalue weighted by Crippen LogP contribution is -2.60. The standard InChI is InChI=1S/C20H30O4/c1-12-15(21)19-9-5-13-17(2,7-4-8-18(13,3)16(22)23)14(19)6-10-20(12,24)11-19/h13-15,21,24H,1,4-11H2,2-3H3,(H,22,23)/t13-,14-,15-,17+,18+,19+,20-/m0/s1. The van der Waals surface area contributed by atoms with E-state index in [2.05, 4.69) is 13.5 Å². The molecule has 134 valence electrons. The highest BCUT2D eigenvalue weighted by Gasteiger charge is 2.70. The van der Waals surface area contributed by atoms with Crippen molar-refractivity contribution in [2.75, 3.05) is 0 Å². The first-order valence-electron chi connectivity index (χ1n) is 9.43. The molecule has 0 aliphatic heterocycles. The second-order valence-electron chi connectivity index (χ2n) is 9.63. The average molecular weight is 334 g/mol. The lowest BCUT2D eigenvalue weighted by Gasteiger charge is -2.64.